The minimum absolute atomic E-state index is 0.0219. The van der Waals surface area contributed by atoms with E-state index < -0.39 is 0 Å². The summed E-state index contributed by atoms with van der Waals surface area (Å²) < 4.78 is 9.32. The molecule has 1 unspecified atom stereocenters. The molecule has 3 heterocycles. The fraction of sp³-hybridized carbons (Fsp3) is 0.0400. The Balaban J connectivity index is 1.05. The van der Waals surface area contributed by atoms with Crippen molar-refractivity contribution >= 4 is 59.1 Å². The quantitative estimate of drug-likeness (QED) is 0.182. The SMILES string of the molecule is CN1c2ccccc2-c2c(cc3oc4ccccc4c3c2-c2ccccc2)C1c1cccc(-c2ccc(-c3ccc4sc5ccccc5c4c3)cc2)c1. The van der Waals surface area contributed by atoms with Gasteiger partial charge in [0.05, 0.1) is 6.04 Å². The highest BCUT2D eigenvalue weighted by atomic mass is 32.1. The third kappa shape index (κ3) is 4.71. The first-order chi connectivity index (χ1) is 26.2. The van der Waals surface area contributed by atoms with E-state index in [2.05, 4.69) is 188 Å². The molecule has 250 valence electrons. The Labute approximate surface area is 311 Å². The second-order valence-electron chi connectivity index (χ2n) is 14.1. The van der Waals surface area contributed by atoms with Crippen LogP contribution in [0.3, 0.4) is 0 Å². The average molecular weight is 696 g/mol. The number of benzene rings is 8. The molecule has 11 rings (SSSR count). The summed E-state index contributed by atoms with van der Waals surface area (Å²) >= 11 is 1.86. The molecule has 0 spiro atoms. The summed E-state index contributed by atoms with van der Waals surface area (Å²) in [4.78, 5) is 2.44. The standard InChI is InChI=1S/C50H33NOS/c1-51-42-19-8-5-17-38(42)48-41(30-44-49(39-18-6-9-20-43(39)52-44)47(48)33-12-3-2-4-13-33)50(51)36-15-11-14-34(28-36)31-22-24-32(25-23-31)35-26-27-46-40(29-35)37-16-7-10-21-45(37)53-46/h2-30,50H,1H3. The van der Waals surface area contributed by atoms with Gasteiger partial charge in [0, 0.05) is 54.8 Å². The summed E-state index contributed by atoms with van der Waals surface area (Å²) in [7, 11) is 2.23. The van der Waals surface area contributed by atoms with E-state index >= 15 is 0 Å². The number of thiophene rings is 1. The molecular formula is C50H33NOS. The molecule has 10 aromatic rings. The van der Waals surface area contributed by atoms with Crippen molar-refractivity contribution in [3.8, 4) is 44.5 Å². The fourth-order valence-corrected chi connectivity index (χ4v) is 9.78. The lowest BCUT2D eigenvalue weighted by atomic mass is 9.79. The predicted octanol–water partition coefficient (Wildman–Crippen LogP) is 14.2. The van der Waals surface area contributed by atoms with Crippen molar-refractivity contribution < 1.29 is 4.42 Å². The third-order valence-corrected chi connectivity index (χ3v) is 12.3. The van der Waals surface area contributed by atoms with Gasteiger partial charge in [-0.1, -0.05) is 133 Å². The minimum Gasteiger partial charge on any atom is -0.456 e. The zero-order chi connectivity index (χ0) is 35.0. The van der Waals surface area contributed by atoms with E-state index in [9.17, 15) is 0 Å². The van der Waals surface area contributed by atoms with Crippen molar-refractivity contribution in [3.63, 3.8) is 0 Å². The maximum Gasteiger partial charge on any atom is 0.136 e. The van der Waals surface area contributed by atoms with E-state index in [0.717, 1.165) is 16.6 Å². The lowest BCUT2D eigenvalue weighted by Crippen LogP contribution is -2.29. The van der Waals surface area contributed by atoms with Crippen LogP contribution < -0.4 is 4.90 Å². The number of hydrogen-bond donors (Lipinski definition) is 0. The Bertz CT molecular complexity index is 3020. The van der Waals surface area contributed by atoms with Gasteiger partial charge >= 0.3 is 0 Å². The second kappa shape index (κ2) is 11.8. The summed E-state index contributed by atoms with van der Waals surface area (Å²) in [6.45, 7) is 0. The number of nitrogens with zero attached hydrogens (tertiary/aromatic N) is 1. The molecular weight excluding hydrogens is 663 g/mol. The normalized spacial score (nSPS) is 13.9. The Morgan fingerprint density at radius 1 is 0.472 bits per heavy atom. The fourth-order valence-electron chi connectivity index (χ4n) is 8.70. The molecule has 0 bridgehead atoms. The van der Waals surface area contributed by atoms with Gasteiger partial charge in [0.1, 0.15) is 11.2 Å². The van der Waals surface area contributed by atoms with Crippen molar-refractivity contribution in [3.05, 3.63) is 187 Å². The summed E-state index contributed by atoms with van der Waals surface area (Å²) in [5, 5.41) is 4.97. The number of furan rings is 1. The molecule has 3 heteroatoms. The molecule has 2 nitrogen and oxygen atoms in total. The highest BCUT2D eigenvalue weighted by molar-refractivity contribution is 7.25. The number of para-hydroxylation sites is 2. The average Bonchev–Trinajstić information content (AvgIpc) is 3.78. The van der Waals surface area contributed by atoms with Crippen LogP contribution in [0.2, 0.25) is 0 Å². The number of rotatable bonds is 4. The molecule has 1 atom stereocenters. The van der Waals surface area contributed by atoms with Crippen LogP contribution >= 0.6 is 11.3 Å². The van der Waals surface area contributed by atoms with E-state index in [0.29, 0.717) is 0 Å². The highest BCUT2D eigenvalue weighted by Crippen LogP contribution is 2.54. The molecule has 0 saturated heterocycles. The lowest BCUT2D eigenvalue weighted by Gasteiger charge is -2.39. The van der Waals surface area contributed by atoms with E-state index in [1.165, 1.54) is 86.9 Å². The van der Waals surface area contributed by atoms with Gasteiger partial charge in [-0.2, -0.15) is 0 Å². The summed E-state index contributed by atoms with van der Waals surface area (Å²) in [6.07, 6.45) is 0. The molecule has 2 aromatic heterocycles. The van der Waals surface area contributed by atoms with Gasteiger partial charge in [-0.3, -0.25) is 0 Å². The lowest BCUT2D eigenvalue weighted by molar-refractivity contribution is 0.666. The Morgan fingerprint density at radius 3 is 1.98 bits per heavy atom. The summed E-state index contributed by atoms with van der Waals surface area (Å²) in [5.41, 5.74) is 15.4. The monoisotopic (exact) mass is 695 g/mol. The molecule has 0 N–H and O–H groups in total. The minimum atomic E-state index is -0.0219. The highest BCUT2D eigenvalue weighted by Gasteiger charge is 2.34. The van der Waals surface area contributed by atoms with Crippen LogP contribution in [0.25, 0.3) is 86.6 Å². The molecule has 1 aliphatic rings. The Kier molecular flexibility index (Phi) is 6.74. The van der Waals surface area contributed by atoms with Crippen molar-refractivity contribution in [2.75, 3.05) is 11.9 Å². The topological polar surface area (TPSA) is 16.4 Å². The molecule has 8 aromatic carbocycles. The molecule has 1 aliphatic heterocycles. The van der Waals surface area contributed by atoms with Crippen LogP contribution in [0.15, 0.2) is 180 Å². The van der Waals surface area contributed by atoms with E-state index in [-0.39, 0.29) is 6.04 Å². The first kappa shape index (κ1) is 30.2. The van der Waals surface area contributed by atoms with Gasteiger partial charge in [-0.15, -0.1) is 11.3 Å². The maximum absolute atomic E-state index is 6.65. The van der Waals surface area contributed by atoms with E-state index in [1.807, 2.05) is 11.3 Å². The van der Waals surface area contributed by atoms with Gasteiger partial charge in [0.2, 0.25) is 0 Å². The summed E-state index contributed by atoms with van der Waals surface area (Å²) in [5.74, 6) is 0. The zero-order valence-electron chi connectivity index (χ0n) is 29.1. The zero-order valence-corrected chi connectivity index (χ0v) is 29.9. The molecule has 0 aliphatic carbocycles. The van der Waals surface area contributed by atoms with Crippen LogP contribution in [0, 0.1) is 0 Å². The van der Waals surface area contributed by atoms with Gasteiger partial charge in [0.25, 0.3) is 0 Å². The molecule has 53 heavy (non-hydrogen) atoms. The first-order valence-corrected chi connectivity index (χ1v) is 19.0. The van der Waals surface area contributed by atoms with Crippen LogP contribution in [0.1, 0.15) is 17.2 Å². The molecule has 0 saturated carbocycles. The summed E-state index contributed by atoms with van der Waals surface area (Å²) in [6, 6.07) is 64.1. The van der Waals surface area contributed by atoms with Crippen molar-refractivity contribution in [1.82, 2.24) is 0 Å². The van der Waals surface area contributed by atoms with E-state index in [4.69, 9.17) is 4.42 Å². The Hall–Kier alpha value is -6.42. The largest absolute Gasteiger partial charge is 0.456 e. The van der Waals surface area contributed by atoms with Crippen LogP contribution in [0.4, 0.5) is 5.69 Å². The predicted molar refractivity (Wildman–Crippen MR) is 225 cm³/mol. The first-order valence-electron chi connectivity index (χ1n) is 18.2. The second-order valence-corrected chi connectivity index (χ2v) is 15.2. The van der Waals surface area contributed by atoms with Gasteiger partial charge in [-0.25, -0.2) is 0 Å². The van der Waals surface area contributed by atoms with Crippen molar-refractivity contribution in [2.24, 2.45) is 0 Å². The van der Waals surface area contributed by atoms with E-state index in [1.54, 1.807) is 0 Å². The molecule has 0 fully saturated rings. The smallest absolute Gasteiger partial charge is 0.136 e. The third-order valence-electron chi connectivity index (χ3n) is 11.1. The van der Waals surface area contributed by atoms with Crippen molar-refractivity contribution in [1.29, 1.82) is 0 Å². The molecule has 0 amide bonds. The van der Waals surface area contributed by atoms with Gasteiger partial charge < -0.3 is 9.32 Å². The Morgan fingerprint density at radius 2 is 1.13 bits per heavy atom. The van der Waals surface area contributed by atoms with Crippen molar-refractivity contribution in [2.45, 2.75) is 6.04 Å². The van der Waals surface area contributed by atoms with Crippen LogP contribution in [-0.2, 0) is 0 Å². The molecule has 0 radical (unpaired) electrons. The van der Waals surface area contributed by atoms with Gasteiger partial charge in [-0.05, 0) is 87.0 Å². The number of hydrogen-bond acceptors (Lipinski definition) is 3. The number of fused-ring (bicyclic) bond motifs is 9. The maximum atomic E-state index is 6.65. The van der Waals surface area contributed by atoms with Crippen LogP contribution in [0.5, 0.6) is 0 Å². The number of anilines is 1. The van der Waals surface area contributed by atoms with Crippen LogP contribution in [-0.4, -0.2) is 7.05 Å². The van der Waals surface area contributed by atoms with Gasteiger partial charge in [0.15, 0.2) is 0 Å².